The molecule has 0 radical (unpaired) electrons. The van der Waals surface area contributed by atoms with E-state index in [1.807, 2.05) is 36.5 Å². The van der Waals surface area contributed by atoms with Crippen LogP contribution in [0.2, 0.25) is 0 Å². The number of nitrogens with one attached hydrogen (secondary N) is 1. The van der Waals surface area contributed by atoms with Crippen molar-refractivity contribution in [3.8, 4) is 17.2 Å². The smallest absolute Gasteiger partial charge is 0.146 e. The van der Waals surface area contributed by atoms with E-state index < -0.39 is 0 Å². The van der Waals surface area contributed by atoms with Crippen molar-refractivity contribution in [3.63, 3.8) is 0 Å². The zero-order chi connectivity index (χ0) is 14.9. The third kappa shape index (κ3) is 5.08. The van der Waals surface area contributed by atoms with Gasteiger partial charge in [-0.25, -0.2) is 0 Å². The molecule has 2 aromatic rings. The minimum Gasteiger partial charge on any atom is -0.494 e. The molecule has 4 nitrogen and oxygen atoms in total. The fourth-order valence-corrected chi connectivity index (χ4v) is 1.85. The fourth-order valence-electron chi connectivity index (χ4n) is 1.85. The molecule has 0 saturated carbocycles. The van der Waals surface area contributed by atoms with Crippen molar-refractivity contribution < 1.29 is 9.47 Å². The maximum Gasteiger partial charge on any atom is 0.146 e. The van der Waals surface area contributed by atoms with E-state index >= 15 is 0 Å². The molecule has 1 heterocycles. The van der Waals surface area contributed by atoms with Gasteiger partial charge in [0.1, 0.15) is 17.2 Å². The molecule has 0 atom stereocenters. The van der Waals surface area contributed by atoms with E-state index in [9.17, 15) is 0 Å². The summed E-state index contributed by atoms with van der Waals surface area (Å²) in [5, 5.41) is 3.27. The summed E-state index contributed by atoms with van der Waals surface area (Å²) in [7, 11) is 0. The van der Waals surface area contributed by atoms with Gasteiger partial charge in [0.2, 0.25) is 0 Å². The Morgan fingerprint density at radius 3 is 2.48 bits per heavy atom. The molecule has 0 amide bonds. The molecule has 112 valence electrons. The van der Waals surface area contributed by atoms with Crippen molar-refractivity contribution in [3.05, 3.63) is 48.3 Å². The monoisotopic (exact) mass is 286 g/mol. The second-order valence-electron chi connectivity index (χ2n) is 4.73. The highest BCUT2D eigenvalue weighted by Gasteiger charge is 2.01. The van der Waals surface area contributed by atoms with Crippen LogP contribution in [0.3, 0.4) is 0 Å². The highest BCUT2D eigenvalue weighted by molar-refractivity contribution is 5.35. The fraction of sp³-hybridized carbons (Fsp3) is 0.353. The number of ether oxygens (including phenoxy) is 2. The average Bonchev–Trinajstić information content (AvgIpc) is 2.53. The number of hydrogen-bond acceptors (Lipinski definition) is 4. The van der Waals surface area contributed by atoms with Crippen LogP contribution in [0, 0.1) is 0 Å². The molecule has 0 saturated heterocycles. The van der Waals surface area contributed by atoms with Gasteiger partial charge in [-0.3, -0.25) is 4.98 Å². The summed E-state index contributed by atoms with van der Waals surface area (Å²) in [5.74, 6) is 2.39. The van der Waals surface area contributed by atoms with Crippen LogP contribution in [0.4, 0.5) is 0 Å². The summed E-state index contributed by atoms with van der Waals surface area (Å²) in [6, 6.07) is 9.64. The summed E-state index contributed by atoms with van der Waals surface area (Å²) in [5.41, 5.74) is 1.11. The number of nitrogens with zero attached hydrogens (tertiary/aromatic N) is 1. The molecular formula is C17H22N2O2. The van der Waals surface area contributed by atoms with Gasteiger partial charge in [-0.05, 0) is 48.9 Å². The second-order valence-corrected chi connectivity index (χ2v) is 4.73. The van der Waals surface area contributed by atoms with Crippen LogP contribution in [0.25, 0.3) is 0 Å². The van der Waals surface area contributed by atoms with Crippen LogP contribution in [0.1, 0.15) is 25.8 Å². The van der Waals surface area contributed by atoms with E-state index in [0.717, 1.165) is 48.9 Å². The van der Waals surface area contributed by atoms with Gasteiger partial charge in [0.15, 0.2) is 0 Å². The number of pyridine rings is 1. The summed E-state index contributed by atoms with van der Waals surface area (Å²) in [6.45, 7) is 6.63. The van der Waals surface area contributed by atoms with E-state index in [2.05, 4.69) is 24.1 Å². The van der Waals surface area contributed by atoms with Gasteiger partial charge in [-0.1, -0.05) is 13.8 Å². The first-order valence-corrected chi connectivity index (χ1v) is 7.37. The van der Waals surface area contributed by atoms with Gasteiger partial charge < -0.3 is 14.8 Å². The van der Waals surface area contributed by atoms with Crippen LogP contribution >= 0.6 is 0 Å². The van der Waals surface area contributed by atoms with Gasteiger partial charge >= 0.3 is 0 Å². The molecule has 1 N–H and O–H groups in total. The first-order chi connectivity index (χ1) is 10.3. The molecule has 0 fully saturated rings. The largest absolute Gasteiger partial charge is 0.494 e. The molecule has 1 aromatic heterocycles. The van der Waals surface area contributed by atoms with Crippen molar-refractivity contribution in [2.75, 3.05) is 13.2 Å². The zero-order valence-corrected chi connectivity index (χ0v) is 12.6. The molecule has 0 aliphatic heterocycles. The molecule has 0 spiro atoms. The SMILES string of the molecule is CCCOc1ccc(Oc2cncc(CNCC)c2)cc1. The summed E-state index contributed by atoms with van der Waals surface area (Å²) < 4.78 is 11.4. The molecule has 0 aliphatic carbocycles. The van der Waals surface area contributed by atoms with Crippen LogP contribution in [0.15, 0.2) is 42.7 Å². The lowest BCUT2D eigenvalue weighted by atomic mass is 10.2. The molecule has 0 unspecified atom stereocenters. The normalized spacial score (nSPS) is 10.4. The van der Waals surface area contributed by atoms with Crippen molar-refractivity contribution in [1.29, 1.82) is 0 Å². The van der Waals surface area contributed by atoms with Gasteiger partial charge in [-0.15, -0.1) is 0 Å². The topological polar surface area (TPSA) is 43.4 Å². The zero-order valence-electron chi connectivity index (χ0n) is 12.6. The number of rotatable bonds is 8. The first kappa shape index (κ1) is 15.3. The van der Waals surface area contributed by atoms with Gasteiger partial charge in [0.25, 0.3) is 0 Å². The Hall–Kier alpha value is -2.07. The van der Waals surface area contributed by atoms with E-state index in [0.29, 0.717) is 0 Å². The van der Waals surface area contributed by atoms with Crippen molar-refractivity contribution in [2.45, 2.75) is 26.8 Å². The van der Waals surface area contributed by atoms with Crippen molar-refractivity contribution in [2.24, 2.45) is 0 Å². The van der Waals surface area contributed by atoms with Crippen LogP contribution in [-0.4, -0.2) is 18.1 Å². The molecule has 4 heteroatoms. The van der Waals surface area contributed by atoms with Gasteiger partial charge in [0, 0.05) is 12.7 Å². The van der Waals surface area contributed by atoms with Crippen molar-refractivity contribution >= 4 is 0 Å². The third-order valence-electron chi connectivity index (χ3n) is 2.88. The lowest BCUT2D eigenvalue weighted by Crippen LogP contribution is -2.11. The lowest BCUT2D eigenvalue weighted by Gasteiger charge is -2.09. The number of aromatic nitrogens is 1. The Balaban J connectivity index is 1.97. The minimum atomic E-state index is 0.733. The number of benzene rings is 1. The predicted molar refractivity (Wildman–Crippen MR) is 83.9 cm³/mol. The van der Waals surface area contributed by atoms with Crippen LogP contribution in [-0.2, 0) is 6.54 Å². The Kier molecular flexibility index (Phi) is 6.03. The van der Waals surface area contributed by atoms with Gasteiger partial charge in [0.05, 0.1) is 12.8 Å². The van der Waals surface area contributed by atoms with Gasteiger partial charge in [-0.2, -0.15) is 0 Å². The maximum absolute atomic E-state index is 5.81. The van der Waals surface area contributed by atoms with E-state index in [1.165, 1.54) is 0 Å². The van der Waals surface area contributed by atoms with E-state index in [4.69, 9.17) is 9.47 Å². The molecule has 21 heavy (non-hydrogen) atoms. The minimum absolute atomic E-state index is 0.733. The molecular weight excluding hydrogens is 264 g/mol. The Morgan fingerprint density at radius 2 is 1.76 bits per heavy atom. The van der Waals surface area contributed by atoms with Crippen molar-refractivity contribution in [1.82, 2.24) is 10.3 Å². The standard InChI is InChI=1S/C17H22N2O2/c1-3-9-20-15-5-7-16(8-6-15)21-17-10-14(11-18-4-2)12-19-13-17/h5-8,10,12-13,18H,3-4,9,11H2,1-2H3. The molecule has 0 aliphatic rings. The maximum atomic E-state index is 5.81. The second kappa shape index (κ2) is 8.27. The van der Waals surface area contributed by atoms with Crippen LogP contribution in [0.5, 0.6) is 17.2 Å². The Morgan fingerprint density at radius 1 is 1.00 bits per heavy atom. The summed E-state index contributed by atoms with van der Waals surface area (Å²) in [6.07, 6.45) is 4.57. The number of hydrogen-bond donors (Lipinski definition) is 1. The quantitative estimate of drug-likeness (QED) is 0.802. The molecule has 2 rings (SSSR count). The lowest BCUT2D eigenvalue weighted by molar-refractivity contribution is 0.317. The highest BCUT2D eigenvalue weighted by Crippen LogP contribution is 2.24. The first-order valence-electron chi connectivity index (χ1n) is 7.37. The summed E-state index contributed by atoms with van der Waals surface area (Å²) in [4.78, 5) is 4.20. The predicted octanol–water partition coefficient (Wildman–Crippen LogP) is 3.77. The van der Waals surface area contributed by atoms with E-state index in [1.54, 1.807) is 6.20 Å². The third-order valence-corrected chi connectivity index (χ3v) is 2.88. The average molecular weight is 286 g/mol. The molecule has 1 aromatic carbocycles. The Bertz CT molecular complexity index is 541. The highest BCUT2D eigenvalue weighted by atomic mass is 16.5. The molecule has 0 bridgehead atoms. The van der Waals surface area contributed by atoms with E-state index in [-0.39, 0.29) is 0 Å². The Labute approximate surface area is 126 Å². The van der Waals surface area contributed by atoms with Crippen LogP contribution < -0.4 is 14.8 Å². The summed E-state index contributed by atoms with van der Waals surface area (Å²) >= 11 is 0.